The lowest BCUT2D eigenvalue weighted by atomic mass is 10.1. The molecule has 1 aromatic heterocycles. The van der Waals surface area contributed by atoms with Crippen LogP contribution in [-0.4, -0.2) is 74.7 Å². The molecule has 0 atom stereocenters. The Bertz CT molecular complexity index is 889. The van der Waals surface area contributed by atoms with Gasteiger partial charge in [-0.15, -0.1) is 0 Å². The Balaban J connectivity index is 0.000000362. The summed E-state index contributed by atoms with van der Waals surface area (Å²) in [4.78, 5) is 24.3. The molecule has 1 aliphatic heterocycles. The van der Waals surface area contributed by atoms with E-state index in [1.54, 1.807) is 24.4 Å². The Kier molecular flexibility index (Phi) is 11.5. The highest BCUT2D eigenvalue weighted by Crippen LogP contribution is 2.21. The Morgan fingerprint density at radius 1 is 0.971 bits per heavy atom. The molecule has 0 unspecified atom stereocenters. The average Bonchev–Trinajstić information content (AvgIpc) is 3.28. The minimum Gasteiger partial charge on any atom is -0.487 e. The molecule has 0 bridgehead atoms. The fraction of sp³-hybridized carbons (Fsp3) is 0.450. The summed E-state index contributed by atoms with van der Waals surface area (Å²) in [6.07, 6.45) is -2.54. The van der Waals surface area contributed by atoms with Gasteiger partial charge in [-0.05, 0) is 25.0 Å². The fourth-order valence-corrected chi connectivity index (χ4v) is 2.65. The molecule has 2 N–H and O–H groups in total. The summed E-state index contributed by atoms with van der Waals surface area (Å²) in [5, 5.41) is 14.2. The van der Waals surface area contributed by atoms with E-state index in [0.717, 1.165) is 39.0 Å². The zero-order valence-corrected chi connectivity index (χ0v) is 18.0. The molecule has 1 aromatic carbocycles. The topological polar surface area (TPSA) is 105 Å². The van der Waals surface area contributed by atoms with Crippen LogP contribution in [0.3, 0.4) is 0 Å². The highest BCUT2D eigenvalue weighted by atomic mass is 19.4. The average molecular weight is 517 g/mol. The standard InChI is InChI=1S/C16H20FN3O.2C2HF3O2/c17-15-3-1-2-4-16(15)21-14-5-8-19(9-6-14)11-12-20-10-7-18-13-20;2*3-2(4,5)1(6)7/h1-4,7,10,13-14H,5-6,8-9,11-12H2;2*(H,6,7). The summed E-state index contributed by atoms with van der Waals surface area (Å²) in [6.45, 7) is 3.96. The SMILES string of the molecule is Fc1ccccc1OC1CCN(CCn2ccnc2)CC1.O=C(O)C(F)(F)F.O=C(O)C(F)(F)F. The van der Waals surface area contributed by atoms with E-state index in [2.05, 4.69) is 14.5 Å². The number of aliphatic carboxylic acids is 2. The number of nitrogens with zero attached hydrogens (tertiary/aromatic N) is 3. The Labute approximate surface area is 194 Å². The molecule has 196 valence electrons. The first-order chi connectivity index (χ1) is 16.2. The van der Waals surface area contributed by atoms with Crippen molar-refractivity contribution in [3.8, 4) is 5.75 Å². The number of aromatic nitrogens is 2. The van der Waals surface area contributed by atoms with Gasteiger partial charge in [0.05, 0.1) is 6.33 Å². The van der Waals surface area contributed by atoms with Crippen molar-refractivity contribution >= 4 is 11.9 Å². The molecule has 15 heteroatoms. The van der Waals surface area contributed by atoms with Crippen LogP contribution in [0.4, 0.5) is 30.7 Å². The predicted molar refractivity (Wildman–Crippen MR) is 106 cm³/mol. The van der Waals surface area contributed by atoms with Gasteiger partial charge in [0, 0.05) is 38.6 Å². The molecule has 8 nitrogen and oxygen atoms in total. The fourth-order valence-electron chi connectivity index (χ4n) is 2.65. The molecule has 0 saturated carbocycles. The summed E-state index contributed by atoms with van der Waals surface area (Å²) in [5.41, 5.74) is 0. The van der Waals surface area contributed by atoms with Crippen LogP contribution >= 0.6 is 0 Å². The maximum Gasteiger partial charge on any atom is 0.490 e. The van der Waals surface area contributed by atoms with Gasteiger partial charge < -0.3 is 24.4 Å². The van der Waals surface area contributed by atoms with Crippen molar-refractivity contribution in [1.82, 2.24) is 14.5 Å². The van der Waals surface area contributed by atoms with Gasteiger partial charge in [-0.1, -0.05) is 12.1 Å². The van der Waals surface area contributed by atoms with Crippen molar-refractivity contribution in [2.24, 2.45) is 0 Å². The zero-order chi connectivity index (χ0) is 26.6. The van der Waals surface area contributed by atoms with Gasteiger partial charge >= 0.3 is 24.3 Å². The van der Waals surface area contributed by atoms with E-state index in [4.69, 9.17) is 24.5 Å². The highest BCUT2D eigenvalue weighted by molar-refractivity contribution is 5.73. The number of piperidine rings is 1. The molecule has 0 spiro atoms. The van der Waals surface area contributed by atoms with E-state index in [1.807, 2.05) is 12.5 Å². The maximum atomic E-state index is 13.6. The lowest BCUT2D eigenvalue weighted by molar-refractivity contribution is -0.193. The van der Waals surface area contributed by atoms with Crippen molar-refractivity contribution in [3.63, 3.8) is 0 Å². The van der Waals surface area contributed by atoms with Gasteiger partial charge in [-0.25, -0.2) is 19.0 Å². The van der Waals surface area contributed by atoms with Crippen molar-refractivity contribution in [2.45, 2.75) is 37.8 Å². The van der Waals surface area contributed by atoms with Crippen LogP contribution in [0.1, 0.15) is 12.8 Å². The molecule has 1 aliphatic rings. The van der Waals surface area contributed by atoms with Gasteiger partial charge in [-0.2, -0.15) is 26.3 Å². The molecular formula is C20H22F7N3O5. The van der Waals surface area contributed by atoms with Crippen LogP contribution in [0.15, 0.2) is 43.0 Å². The lowest BCUT2D eigenvalue weighted by Crippen LogP contribution is -2.39. The third kappa shape index (κ3) is 12.1. The van der Waals surface area contributed by atoms with E-state index in [9.17, 15) is 30.7 Å². The van der Waals surface area contributed by atoms with Crippen LogP contribution in [0, 0.1) is 5.82 Å². The van der Waals surface area contributed by atoms with Crippen LogP contribution in [0.5, 0.6) is 5.75 Å². The number of carboxylic acids is 2. The molecule has 3 rings (SSSR count). The smallest absolute Gasteiger partial charge is 0.487 e. The summed E-state index contributed by atoms with van der Waals surface area (Å²) in [6, 6.07) is 6.62. The molecule has 1 fully saturated rings. The van der Waals surface area contributed by atoms with Gasteiger partial charge in [0.2, 0.25) is 0 Å². The largest absolute Gasteiger partial charge is 0.490 e. The maximum absolute atomic E-state index is 13.6. The predicted octanol–water partition coefficient (Wildman–Crippen LogP) is 3.83. The minimum absolute atomic E-state index is 0.117. The summed E-state index contributed by atoms with van der Waals surface area (Å²) >= 11 is 0. The second kappa shape index (κ2) is 13.5. The number of imidazole rings is 1. The summed E-state index contributed by atoms with van der Waals surface area (Å²) < 4.78 is 84.9. The number of carbonyl (C=O) groups is 2. The second-order valence-corrected chi connectivity index (χ2v) is 7.00. The summed E-state index contributed by atoms with van der Waals surface area (Å²) in [5.74, 6) is -5.42. The van der Waals surface area contributed by atoms with E-state index in [-0.39, 0.29) is 11.9 Å². The molecular weight excluding hydrogens is 495 g/mol. The van der Waals surface area contributed by atoms with Crippen molar-refractivity contribution < 1.29 is 55.3 Å². The monoisotopic (exact) mass is 517 g/mol. The number of halogens is 7. The number of rotatable bonds is 5. The number of likely N-dealkylation sites (tertiary alicyclic amines) is 1. The first-order valence-corrected chi connectivity index (χ1v) is 9.89. The Morgan fingerprint density at radius 2 is 1.49 bits per heavy atom. The van der Waals surface area contributed by atoms with Gasteiger partial charge in [-0.3, -0.25) is 0 Å². The molecule has 0 radical (unpaired) electrons. The number of carboxylic acid groups (broad SMARTS) is 2. The van der Waals surface area contributed by atoms with E-state index >= 15 is 0 Å². The van der Waals surface area contributed by atoms with E-state index in [0.29, 0.717) is 5.75 Å². The molecule has 2 aromatic rings. The first kappa shape index (κ1) is 29.7. The molecule has 0 amide bonds. The quantitative estimate of drug-likeness (QED) is 0.581. The summed E-state index contributed by atoms with van der Waals surface area (Å²) in [7, 11) is 0. The van der Waals surface area contributed by atoms with Crippen molar-refractivity contribution in [2.75, 3.05) is 19.6 Å². The number of alkyl halides is 6. The number of para-hydroxylation sites is 1. The minimum atomic E-state index is -5.08. The second-order valence-electron chi connectivity index (χ2n) is 7.00. The number of benzene rings is 1. The van der Waals surface area contributed by atoms with Crippen LogP contribution in [0.2, 0.25) is 0 Å². The molecule has 35 heavy (non-hydrogen) atoms. The normalized spacial score (nSPS) is 14.7. The number of hydrogen-bond acceptors (Lipinski definition) is 5. The third-order valence-corrected chi connectivity index (χ3v) is 4.38. The third-order valence-electron chi connectivity index (χ3n) is 4.38. The van der Waals surface area contributed by atoms with Gasteiger partial charge in [0.25, 0.3) is 0 Å². The zero-order valence-electron chi connectivity index (χ0n) is 18.0. The van der Waals surface area contributed by atoms with Crippen molar-refractivity contribution in [1.29, 1.82) is 0 Å². The first-order valence-electron chi connectivity index (χ1n) is 9.89. The Morgan fingerprint density at radius 3 is 1.91 bits per heavy atom. The van der Waals surface area contributed by atoms with Gasteiger partial charge in [0.15, 0.2) is 11.6 Å². The van der Waals surface area contributed by atoms with Crippen LogP contribution < -0.4 is 4.74 Å². The molecule has 1 saturated heterocycles. The highest BCUT2D eigenvalue weighted by Gasteiger charge is 2.38. The number of ether oxygens (including phenoxy) is 1. The molecule has 2 heterocycles. The molecule has 0 aliphatic carbocycles. The van der Waals surface area contributed by atoms with E-state index in [1.165, 1.54) is 6.07 Å². The van der Waals surface area contributed by atoms with Crippen LogP contribution in [-0.2, 0) is 16.1 Å². The Hall–Kier alpha value is -3.36. The van der Waals surface area contributed by atoms with E-state index < -0.39 is 24.3 Å². The number of hydrogen-bond donors (Lipinski definition) is 2. The van der Waals surface area contributed by atoms with Crippen LogP contribution in [0.25, 0.3) is 0 Å². The van der Waals surface area contributed by atoms with Crippen molar-refractivity contribution in [3.05, 3.63) is 48.8 Å². The lowest BCUT2D eigenvalue weighted by Gasteiger charge is -2.32. The van der Waals surface area contributed by atoms with Gasteiger partial charge in [0.1, 0.15) is 6.10 Å².